The van der Waals surface area contributed by atoms with Gasteiger partial charge in [-0.05, 0) is 37.5 Å². The molecule has 19 heteroatoms. The number of aliphatic hydroxyl groups excluding tert-OH is 1. The molecule has 0 heterocycles. The van der Waals surface area contributed by atoms with Crippen LogP contribution in [0.5, 0.6) is 0 Å². The fourth-order valence-electron chi connectivity index (χ4n) is 8.61. The summed E-state index contributed by atoms with van der Waals surface area (Å²) >= 11 is 0. The van der Waals surface area contributed by atoms with E-state index >= 15 is 0 Å². The fraction of sp³-hybridized carbons (Fsp3) is 0.932. The van der Waals surface area contributed by atoms with Gasteiger partial charge in [0, 0.05) is 25.7 Å². The molecule has 0 bridgehead atoms. The number of carbonyl (C=O) groups excluding carboxylic acids is 4. The van der Waals surface area contributed by atoms with Crippen molar-refractivity contribution in [1.82, 2.24) is 0 Å². The normalized spacial score (nSPS) is 14.8. The predicted molar refractivity (Wildman–Crippen MR) is 308 cm³/mol. The molecule has 3 unspecified atom stereocenters. The molecule has 3 N–H and O–H groups in total. The Kier molecular flexibility index (Phi) is 50.6. The molecule has 0 rings (SSSR count). The molecule has 0 aliphatic heterocycles. The van der Waals surface area contributed by atoms with Crippen LogP contribution >= 0.6 is 15.6 Å². The number of unbranched alkanes of at least 4 members (excludes halogenated alkanes) is 27. The summed E-state index contributed by atoms with van der Waals surface area (Å²) in [4.78, 5) is 71.6. The summed E-state index contributed by atoms with van der Waals surface area (Å²) < 4.78 is 67.5. The Bertz CT molecular complexity index is 1550. The van der Waals surface area contributed by atoms with E-state index in [0.29, 0.717) is 25.7 Å². The van der Waals surface area contributed by atoms with Gasteiger partial charge in [0.05, 0.1) is 26.4 Å². The second-order valence-electron chi connectivity index (χ2n) is 22.1. The monoisotopic (exact) mass is 1160 g/mol. The van der Waals surface area contributed by atoms with Crippen LogP contribution in [0.3, 0.4) is 0 Å². The van der Waals surface area contributed by atoms with E-state index in [0.717, 1.165) is 127 Å². The summed E-state index contributed by atoms with van der Waals surface area (Å²) in [6.07, 6.45) is 32.6. The van der Waals surface area contributed by atoms with Crippen LogP contribution in [0.15, 0.2) is 0 Å². The number of esters is 4. The molecule has 0 saturated carbocycles. The quantitative estimate of drug-likeness (QED) is 0.0222. The fourth-order valence-corrected chi connectivity index (χ4v) is 10.2. The minimum atomic E-state index is -4.94. The van der Waals surface area contributed by atoms with Gasteiger partial charge in [0.1, 0.15) is 19.3 Å². The Hall–Kier alpha value is -1.94. The van der Waals surface area contributed by atoms with Gasteiger partial charge >= 0.3 is 39.5 Å². The highest BCUT2D eigenvalue weighted by atomic mass is 31.2. The first-order valence-electron chi connectivity index (χ1n) is 31.0. The molecule has 462 valence electrons. The minimum absolute atomic E-state index is 0.102. The lowest BCUT2D eigenvalue weighted by atomic mass is 10.00. The van der Waals surface area contributed by atoms with Crippen LogP contribution in [0.25, 0.3) is 0 Å². The van der Waals surface area contributed by atoms with Crippen LogP contribution in [0.1, 0.15) is 286 Å². The smallest absolute Gasteiger partial charge is 0.462 e. The van der Waals surface area contributed by atoms with E-state index in [2.05, 4.69) is 41.5 Å². The summed E-state index contributed by atoms with van der Waals surface area (Å²) in [6.45, 7) is 9.30. The first-order valence-corrected chi connectivity index (χ1v) is 34.0. The standard InChI is InChI=1S/C59H114O17P2/c1-7-10-12-14-22-31-37-43-58(63)75-54(47-69-56(61)41-35-27-13-11-8-2)49-73-77(65,66)71-45-53(60)46-72-78(67,68)74-50-55(48-70-57(62)42-36-30-26-25-29-34-40-52(6)9-3)76-59(64)44-38-32-24-21-19-17-15-16-18-20-23-28-33-39-51(4)5/h51-55,60H,7-50H2,1-6H3,(H,65,66)(H,67,68)/t52?,53-,54+,55+/m0/s1. The van der Waals surface area contributed by atoms with Crippen molar-refractivity contribution >= 4 is 39.5 Å². The molecule has 6 atom stereocenters. The lowest BCUT2D eigenvalue weighted by molar-refractivity contribution is -0.161. The molecular weight excluding hydrogens is 1040 g/mol. The van der Waals surface area contributed by atoms with E-state index in [-0.39, 0.29) is 25.7 Å². The molecule has 0 spiro atoms. The molecule has 78 heavy (non-hydrogen) atoms. The molecule has 0 radical (unpaired) electrons. The van der Waals surface area contributed by atoms with Crippen molar-refractivity contribution in [3.63, 3.8) is 0 Å². The van der Waals surface area contributed by atoms with Gasteiger partial charge in [-0.15, -0.1) is 0 Å². The maximum atomic E-state index is 12.9. The second-order valence-corrected chi connectivity index (χ2v) is 25.0. The predicted octanol–water partition coefficient (Wildman–Crippen LogP) is 15.7. The molecule has 0 aromatic rings. The molecule has 0 aliphatic rings. The van der Waals surface area contributed by atoms with Crippen molar-refractivity contribution in [2.75, 3.05) is 39.6 Å². The Morgan fingerprint density at radius 2 is 0.654 bits per heavy atom. The zero-order chi connectivity index (χ0) is 58.0. The van der Waals surface area contributed by atoms with Gasteiger partial charge in [0.2, 0.25) is 0 Å². The van der Waals surface area contributed by atoms with Gasteiger partial charge in [-0.2, -0.15) is 0 Å². The summed E-state index contributed by atoms with van der Waals surface area (Å²) in [5.41, 5.74) is 0. The van der Waals surface area contributed by atoms with Crippen molar-refractivity contribution in [1.29, 1.82) is 0 Å². The number of hydrogen-bond acceptors (Lipinski definition) is 15. The van der Waals surface area contributed by atoms with E-state index < -0.39 is 97.5 Å². The van der Waals surface area contributed by atoms with Crippen molar-refractivity contribution in [3.8, 4) is 0 Å². The van der Waals surface area contributed by atoms with E-state index in [1.165, 1.54) is 77.0 Å². The third-order valence-corrected chi connectivity index (χ3v) is 15.7. The van der Waals surface area contributed by atoms with E-state index in [4.69, 9.17) is 37.0 Å². The van der Waals surface area contributed by atoms with Crippen molar-refractivity contribution < 1.29 is 80.2 Å². The SMILES string of the molecule is CCCCCCCCCC(=O)O[C@H](COC(=O)CCCCCCC)COP(=O)(O)OC[C@H](O)COP(=O)(O)OC[C@@H](COC(=O)CCCCCCCCC(C)CC)OC(=O)CCCCCCCCCCCCCCCC(C)C. The van der Waals surface area contributed by atoms with Gasteiger partial charge in [-0.25, -0.2) is 9.13 Å². The van der Waals surface area contributed by atoms with Gasteiger partial charge in [-0.3, -0.25) is 37.3 Å². The Morgan fingerprint density at radius 1 is 0.372 bits per heavy atom. The number of carbonyl (C=O) groups is 4. The van der Waals surface area contributed by atoms with Gasteiger partial charge in [0.15, 0.2) is 12.2 Å². The summed E-state index contributed by atoms with van der Waals surface area (Å²) in [5, 5.41) is 10.5. The maximum absolute atomic E-state index is 12.9. The van der Waals surface area contributed by atoms with Crippen LogP contribution < -0.4 is 0 Å². The summed E-state index contributed by atoms with van der Waals surface area (Å²) in [5.74, 6) is -0.640. The number of rotatable bonds is 58. The number of phosphoric acid groups is 2. The topological polar surface area (TPSA) is 237 Å². The first-order chi connectivity index (χ1) is 37.4. The van der Waals surface area contributed by atoms with Crippen LogP contribution in [0.2, 0.25) is 0 Å². The van der Waals surface area contributed by atoms with E-state index in [1.54, 1.807) is 0 Å². The van der Waals surface area contributed by atoms with Gasteiger partial charge in [0.25, 0.3) is 0 Å². The molecule has 0 saturated heterocycles. The van der Waals surface area contributed by atoms with E-state index in [9.17, 15) is 43.2 Å². The number of aliphatic hydroxyl groups is 1. The van der Waals surface area contributed by atoms with Crippen LogP contribution in [0.4, 0.5) is 0 Å². The minimum Gasteiger partial charge on any atom is -0.462 e. The number of phosphoric ester groups is 2. The molecule has 0 aromatic carbocycles. The molecule has 0 aromatic heterocycles. The first kappa shape index (κ1) is 76.1. The molecule has 0 fully saturated rings. The average molecular weight is 1160 g/mol. The Morgan fingerprint density at radius 3 is 0.974 bits per heavy atom. The molecular formula is C59H114O17P2. The largest absolute Gasteiger partial charge is 0.472 e. The molecule has 0 aliphatic carbocycles. The van der Waals surface area contributed by atoms with Crippen LogP contribution in [0, 0.1) is 11.8 Å². The number of ether oxygens (including phenoxy) is 4. The average Bonchev–Trinajstić information content (AvgIpc) is 3.40. The Labute approximate surface area is 473 Å². The zero-order valence-electron chi connectivity index (χ0n) is 50.0. The van der Waals surface area contributed by atoms with Crippen molar-refractivity contribution in [2.45, 2.75) is 304 Å². The highest BCUT2D eigenvalue weighted by Crippen LogP contribution is 2.45. The summed E-state index contributed by atoms with van der Waals surface area (Å²) in [7, 11) is -9.86. The highest BCUT2D eigenvalue weighted by molar-refractivity contribution is 7.47. The maximum Gasteiger partial charge on any atom is 0.472 e. The van der Waals surface area contributed by atoms with Gasteiger partial charge in [-0.1, -0.05) is 234 Å². The van der Waals surface area contributed by atoms with E-state index in [1.807, 2.05) is 0 Å². The van der Waals surface area contributed by atoms with Crippen LogP contribution in [-0.2, 0) is 65.4 Å². The third-order valence-electron chi connectivity index (χ3n) is 13.8. The van der Waals surface area contributed by atoms with Crippen LogP contribution in [-0.4, -0.2) is 96.7 Å². The molecule has 17 nitrogen and oxygen atoms in total. The third kappa shape index (κ3) is 52.2. The second kappa shape index (κ2) is 51.9. The van der Waals surface area contributed by atoms with Crippen molar-refractivity contribution in [3.05, 3.63) is 0 Å². The van der Waals surface area contributed by atoms with Crippen molar-refractivity contribution in [2.24, 2.45) is 11.8 Å². The zero-order valence-corrected chi connectivity index (χ0v) is 51.7. The Balaban J connectivity index is 5.15. The lowest BCUT2D eigenvalue weighted by Crippen LogP contribution is -2.30. The molecule has 0 amide bonds. The lowest BCUT2D eigenvalue weighted by Gasteiger charge is -2.21. The number of hydrogen-bond donors (Lipinski definition) is 3. The van der Waals surface area contributed by atoms with Gasteiger partial charge < -0.3 is 33.8 Å². The highest BCUT2D eigenvalue weighted by Gasteiger charge is 2.30. The summed E-state index contributed by atoms with van der Waals surface area (Å²) in [6, 6.07) is 0.